The first kappa shape index (κ1) is 27.6. The molecule has 3 aromatic heterocycles. The van der Waals surface area contributed by atoms with E-state index in [9.17, 15) is 21.6 Å². The van der Waals surface area contributed by atoms with Gasteiger partial charge in [0.05, 0.1) is 27.3 Å². The minimum absolute atomic E-state index is 0.0541. The van der Waals surface area contributed by atoms with Gasteiger partial charge in [-0.15, -0.1) is 11.3 Å². The van der Waals surface area contributed by atoms with E-state index in [0.717, 1.165) is 23.2 Å². The molecule has 1 aromatic carbocycles. The van der Waals surface area contributed by atoms with Crippen molar-refractivity contribution in [1.29, 1.82) is 0 Å². The van der Waals surface area contributed by atoms with Gasteiger partial charge in [-0.3, -0.25) is 0 Å². The Balaban J connectivity index is 1.51. The maximum Gasteiger partial charge on any atom is 0.247 e. The Labute approximate surface area is 232 Å². The molecule has 0 radical (unpaired) electrons. The number of rotatable bonds is 8. The van der Waals surface area contributed by atoms with Crippen molar-refractivity contribution < 1.29 is 21.6 Å². The average Bonchev–Trinajstić information content (AvgIpc) is 3.36. The number of hydrogen-bond acceptors (Lipinski definition) is 9. The number of alkyl halides is 1. The van der Waals surface area contributed by atoms with E-state index in [4.69, 9.17) is 4.98 Å². The molecule has 3 heterocycles. The molecule has 14 heteroatoms. The smallest absolute Gasteiger partial charge is 0.247 e. The first-order valence-electron chi connectivity index (χ1n) is 12.0. The summed E-state index contributed by atoms with van der Waals surface area (Å²) >= 11 is 1.38. The van der Waals surface area contributed by atoms with Gasteiger partial charge in [0, 0.05) is 18.3 Å². The van der Waals surface area contributed by atoms with Crippen LogP contribution in [0.5, 0.6) is 0 Å². The number of allylic oxidation sites excluding steroid dienone is 2. The summed E-state index contributed by atoms with van der Waals surface area (Å²) in [6, 6.07) is 4.58. The number of aromatic nitrogens is 5. The lowest BCUT2D eigenvalue weighted by atomic mass is 9.98. The molecule has 1 aliphatic carbocycles. The van der Waals surface area contributed by atoms with Gasteiger partial charge in [0.2, 0.25) is 16.0 Å². The molecular formula is C26H22F3N7O2S2. The number of hydrogen-bond donors (Lipinski definition) is 2. The van der Waals surface area contributed by atoms with Gasteiger partial charge in [0.1, 0.15) is 30.0 Å². The van der Waals surface area contributed by atoms with Crippen LogP contribution in [0.3, 0.4) is 0 Å². The number of halogens is 3. The number of sulfonamides is 1. The zero-order chi connectivity index (χ0) is 28.4. The third kappa shape index (κ3) is 5.78. The molecule has 5 rings (SSSR count). The van der Waals surface area contributed by atoms with Gasteiger partial charge in [-0.25, -0.2) is 51.2 Å². The molecule has 40 heavy (non-hydrogen) atoms. The van der Waals surface area contributed by atoms with Gasteiger partial charge in [0.15, 0.2) is 4.90 Å². The van der Waals surface area contributed by atoms with E-state index in [1.54, 1.807) is 24.5 Å². The Hall–Kier alpha value is -4.01. The summed E-state index contributed by atoms with van der Waals surface area (Å²) in [6.07, 6.45) is 6.72. The van der Waals surface area contributed by atoms with Gasteiger partial charge in [-0.1, -0.05) is 32.1 Å². The normalized spacial score (nSPS) is 17.2. The van der Waals surface area contributed by atoms with E-state index >= 15 is 0 Å². The summed E-state index contributed by atoms with van der Waals surface area (Å²) in [6.45, 7) is 3.94. The van der Waals surface area contributed by atoms with Crippen molar-refractivity contribution in [3.63, 3.8) is 0 Å². The molecule has 1 aliphatic rings. The van der Waals surface area contributed by atoms with Crippen molar-refractivity contribution in [2.75, 3.05) is 5.32 Å². The third-order valence-corrected chi connectivity index (χ3v) is 8.65. The molecule has 0 spiro atoms. The van der Waals surface area contributed by atoms with Crippen LogP contribution in [0.4, 0.5) is 24.9 Å². The highest BCUT2D eigenvalue weighted by Crippen LogP contribution is 2.38. The highest BCUT2D eigenvalue weighted by atomic mass is 32.2. The van der Waals surface area contributed by atoms with Crippen molar-refractivity contribution in [3.05, 3.63) is 89.6 Å². The largest absolute Gasteiger partial charge is 0.309 e. The first-order valence-corrected chi connectivity index (χ1v) is 14.3. The SMILES string of the molecule is CC(C)c1nc(C2=CC(NS(=O)(=O)c3c(F)cccc3F)C(F)C=C2)c(-c2ccnc(Nc3ccncn3)n2)s1. The molecule has 0 amide bonds. The minimum atomic E-state index is -4.74. The summed E-state index contributed by atoms with van der Waals surface area (Å²) < 4.78 is 71.1. The van der Waals surface area contributed by atoms with E-state index in [1.165, 1.54) is 35.9 Å². The van der Waals surface area contributed by atoms with Crippen LogP contribution in [0.25, 0.3) is 16.1 Å². The molecular weight excluding hydrogens is 563 g/mol. The van der Waals surface area contributed by atoms with E-state index in [2.05, 4.69) is 30.0 Å². The van der Waals surface area contributed by atoms with E-state index in [0.29, 0.717) is 27.7 Å². The molecule has 2 unspecified atom stereocenters. The minimum Gasteiger partial charge on any atom is -0.309 e. The Morgan fingerprint density at radius 1 is 1.02 bits per heavy atom. The van der Waals surface area contributed by atoms with Crippen LogP contribution in [0.15, 0.2) is 72.2 Å². The zero-order valence-corrected chi connectivity index (χ0v) is 22.7. The van der Waals surface area contributed by atoms with Crippen LogP contribution >= 0.6 is 11.3 Å². The Morgan fingerprint density at radius 2 is 1.80 bits per heavy atom. The second-order valence-corrected chi connectivity index (χ2v) is 11.7. The standard InChI is InChI=1S/C26H22F3N7O2S2/c1-14(2)25-35-22(23(39-25)19-8-11-31-26(33-19)34-21-9-10-30-13-32-21)15-6-7-16(27)20(12-15)36-40(37,38)24-17(28)4-3-5-18(24)29/h3-14,16,20,36H,1-2H3,(H,30,31,32,33,34). The van der Waals surface area contributed by atoms with Crippen molar-refractivity contribution >= 4 is 38.7 Å². The lowest BCUT2D eigenvalue weighted by Gasteiger charge is -2.22. The second kappa shape index (κ2) is 11.2. The molecule has 0 fully saturated rings. The van der Waals surface area contributed by atoms with Crippen LogP contribution in [-0.2, 0) is 10.0 Å². The topological polar surface area (TPSA) is 123 Å². The molecule has 206 valence electrons. The Morgan fingerprint density at radius 3 is 2.50 bits per heavy atom. The molecule has 0 bridgehead atoms. The van der Waals surface area contributed by atoms with Crippen LogP contribution in [0.2, 0.25) is 0 Å². The fourth-order valence-corrected chi connectivity index (χ4v) is 6.25. The zero-order valence-electron chi connectivity index (χ0n) is 21.1. The number of anilines is 2. The predicted octanol–water partition coefficient (Wildman–Crippen LogP) is 5.17. The van der Waals surface area contributed by atoms with Crippen LogP contribution < -0.4 is 10.0 Å². The molecule has 4 aromatic rings. The van der Waals surface area contributed by atoms with Crippen molar-refractivity contribution in [2.45, 2.75) is 36.9 Å². The van der Waals surface area contributed by atoms with Gasteiger partial charge < -0.3 is 5.32 Å². The molecule has 9 nitrogen and oxygen atoms in total. The third-order valence-electron chi connectivity index (χ3n) is 5.76. The second-order valence-electron chi connectivity index (χ2n) is 8.99. The highest BCUT2D eigenvalue weighted by molar-refractivity contribution is 7.89. The molecule has 0 saturated carbocycles. The fourth-order valence-electron chi connectivity index (χ4n) is 3.87. The van der Waals surface area contributed by atoms with Gasteiger partial charge in [-0.2, -0.15) is 0 Å². The van der Waals surface area contributed by atoms with Crippen LogP contribution in [0.1, 0.15) is 30.5 Å². The van der Waals surface area contributed by atoms with Gasteiger partial charge >= 0.3 is 0 Å². The number of nitrogens with one attached hydrogen (secondary N) is 2. The maximum atomic E-state index is 14.9. The summed E-state index contributed by atoms with van der Waals surface area (Å²) in [5, 5.41) is 3.77. The summed E-state index contributed by atoms with van der Waals surface area (Å²) in [4.78, 5) is 21.0. The Bertz CT molecular complexity index is 1690. The average molecular weight is 586 g/mol. The maximum absolute atomic E-state index is 14.9. The summed E-state index contributed by atoms with van der Waals surface area (Å²) in [7, 11) is -4.74. The van der Waals surface area contributed by atoms with Crippen molar-refractivity contribution in [1.82, 2.24) is 29.6 Å². The summed E-state index contributed by atoms with van der Waals surface area (Å²) in [5.41, 5.74) is 1.38. The molecule has 0 aliphatic heterocycles. The van der Waals surface area contributed by atoms with Gasteiger partial charge in [0.25, 0.3) is 0 Å². The fraction of sp³-hybridized carbons (Fsp3) is 0.192. The first-order chi connectivity index (χ1) is 19.1. The Kier molecular flexibility index (Phi) is 7.74. The van der Waals surface area contributed by atoms with Crippen LogP contribution in [0, 0.1) is 11.6 Å². The molecule has 2 atom stereocenters. The van der Waals surface area contributed by atoms with E-state index in [-0.39, 0.29) is 11.9 Å². The summed E-state index contributed by atoms with van der Waals surface area (Å²) in [5.74, 6) is -1.74. The highest BCUT2D eigenvalue weighted by Gasteiger charge is 2.32. The van der Waals surface area contributed by atoms with E-state index < -0.39 is 38.8 Å². The predicted molar refractivity (Wildman–Crippen MR) is 145 cm³/mol. The van der Waals surface area contributed by atoms with Crippen molar-refractivity contribution in [3.8, 4) is 10.6 Å². The quantitative estimate of drug-likeness (QED) is 0.290. The van der Waals surface area contributed by atoms with Crippen molar-refractivity contribution in [2.24, 2.45) is 0 Å². The molecule has 0 saturated heterocycles. The van der Waals surface area contributed by atoms with Gasteiger partial charge in [-0.05, 0) is 35.9 Å². The van der Waals surface area contributed by atoms with E-state index in [1.807, 2.05) is 13.8 Å². The number of thiazole rings is 1. The molecule has 2 N–H and O–H groups in total. The monoisotopic (exact) mass is 585 g/mol. The lowest BCUT2D eigenvalue weighted by molar-refractivity contribution is 0.353. The number of nitrogens with zero attached hydrogens (tertiary/aromatic N) is 5. The van der Waals surface area contributed by atoms with Crippen LogP contribution in [-0.4, -0.2) is 45.6 Å². The number of benzene rings is 1. The lowest BCUT2D eigenvalue weighted by Crippen LogP contribution is -2.41.